The van der Waals surface area contributed by atoms with Crippen LogP contribution in [0.3, 0.4) is 0 Å². The first kappa shape index (κ1) is 5.28. The Bertz CT molecular complexity index is 14.9. The van der Waals surface area contributed by atoms with Gasteiger partial charge in [0.05, 0.1) is 0 Å². The van der Waals surface area contributed by atoms with Crippen LogP contribution in [0.15, 0.2) is 0 Å². The minimum absolute atomic E-state index is 0. The van der Waals surface area contributed by atoms with E-state index in [-0.39, 0.29) is 4.70 Å². The van der Waals surface area contributed by atoms with Crippen LogP contribution in [0.2, 0.25) is 0 Å². The molecule has 0 unspecified atom stereocenters. The molecule has 1 heterocycles. The van der Waals surface area contributed by atoms with Gasteiger partial charge in [0.25, 0.3) is 0 Å². The Kier molecular flexibility index (Phi) is 2.65. The molecule has 0 saturated carbocycles. The van der Waals surface area contributed by atoms with Gasteiger partial charge in [-0.15, -0.1) is 0 Å². The van der Waals surface area contributed by atoms with Gasteiger partial charge in [0.2, 0.25) is 0 Å². The number of hydrogen-bond acceptors (Lipinski definition) is 1. The Morgan fingerprint density at radius 2 is 1.40 bits per heavy atom. The van der Waals surface area contributed by atoms with E-state index < -0.39 is 0 Å². The summed E-state index contributed by atoms with van der Waals surface area (Å²) < 4.78 is 0. The molecule has 2 heteroatoms. The average molecular weight is 94.2 g/mol. The van der Waals surface area contributed by atoms with Crippen LogP contribution >= 0.6 is 11.8 Å². The Balaban J connectivity index is 0.000000160. The minimum atomic E-state index is 0. The highest BCUT2D eigenvalue weighted by atomic mass is 32.2. The van der Waals surface area contributed by atoms with Crippen LogP contribution in [-0.2, 0) is 0 Å². The largest absolute Gasteiger partial charge is 0.269 e. The molecule has 1 rings (SSSR count). The van der Waals surface area contributed by atoms with Gasteiger partial charge in [-0.05, 0) is 17.9 Å². The van der Waals surface area contributed by atoms with E-state index in [1.165, 1.54) is 17.9 Å². The molecule has 0 spiro atoms. The van der Waals surface area contributed by atoms with E-state index in [4.69, 9.17) is 0 Å². The molecule has 0 bridgehead atoms. The van der Waals surface area contributed by atoms with Crippen LogP contribution in [0, 0.1) is 0 Å². The van der Waals surface area contributed by atoms with Crippen molar-refractivity contribution >= 4 is 11.8 Å². The molecule has 0 N–H and O–H groups in total. The highest BCUT2D eigenvalue weighted by Crippen LogP contribution is 2.14. The fraction of sp³-hybridized carbons (Fsp3) is 1.00. The highest BCUT2D eigenvalue weighted by molar-refractivity contribution is 8.00. The van der Waals surface area contributed by atoms with Gasteiger partial charge in [-0.1, -0.05) is 0 Å². The van der Waals surface area contributed by atoms with Crippen LogP contribution in [-0.4, -0.2) is 11.5 Å². The van der Waals surface area contributed by atoms with Crippen LogP contribution < -0.4 is 0 Å². The smallest absolute Gasteiger partial charge is 0.00597 e. The summed E-state index contributed by atoms with van der Waals surface area (Å²) in [6.45, 7) is 0. The summed E-state index contributed by atoms with van der Waals surface area (Å²) in [6.07, 6.45) is 1.46. The van der Waals surface area contributed by atoms with Gasteiger partial charge >= 0.3 is 0 Å². The summed E-state index contributed by atoms with van der Waals surface area (Å²) in [5, 5.41) is 0. The SMILES string of the molecule is C1CSC1.F. The Morgan fingerprint density at radius 3 is 1.40 bits per heavy atom. The third kappa shape index (κ3) is 1.21. The molecule has 5 heavy (non-hydrogen) atoms. The zero-order valence-corrected chi connectivity index (χ0v) is 3.75. The van der Waals surface area contributed by atoms with Crippen LogP contribution in [0.25, 0.3) is 0 Å². The van der Waals surface area contributed by atoms with Crippen molar-refractivity contribution in [2.75, 3.05) is 11.5 Å². The third-order valence-corrected chi connectivity index (χ3v) is 1.73. The maximum absolute atomic E-state index is 2.04. The number of thioether (sulfide) groups is 1. The van der Waals surface area contributed by atoms with E-state index >= 15 is 0 Å². The van der Waals surface area contributed by atoms with E-state index in [2.05, 4.69) is 0 Å². The molecule has 0 aromatic heterocycles. The molecule has 0 radical (unpaired) electrons. The molecule has 32 valence electrons. The minimum Gasteiger partial charge on any atom is -0.269 e. The zero-order chi connectivity index (χ0) is 2.83. The molecule has 1 aliphatic rings. The summed E-state index contributed by atoms with van der Waals surface area (Å²) >= 11 is 2.04. The van der Waals surface area contributed by atoms with Crippen molar-refractivity contribution in [3.8, 4) is 0 Å². The normalized spacial score (nSPS) is 19.2. The standard InChI is InChI=1S/C3H6S.FH/c1-2-4-3-1;/h1-3H2;1H. The molecule has 0 amide bonds. The van der Waals surface area contributed by atoms with Crippen molar-refractivity contribution in [2.45, 2.75) is 6.42 Å². The Morgan fingerprint density at radius 1 is 1.20 bits per heavy atom. The van der Waals surface area contributed by atoms with Gasteiger partial charge in [0, 0.05) is 0 Å². The summed E-state index contributed by atoms with van der Waals surface area (Å²) in [4.78, 5) is 0. The molecule has 1 fully saturated rings. The van der Waals surface area contributed by atoms with E-state index in [0.29, 0.717) is 0 Å². The summed E-state index contributed by atoms with van der Waals surface area (Å²) in [7, 11) is 0. The predicted octanol–water partition coefficient (Wildman–Crippen LogP) is 1.28. The average Bonchev–Trinajstić information content (AvgIpc) is 0.722. The lowest BCUT2D eigenvalue weighted by Gasteiger charge is -2.05. The number of hydrogen-bond donors (Lipinski definition) is 0. The lowest BCUT2D eigenvalue weighted by atomic mass is 10.6. The van der Waals surface area contributed by atoms with Gasteiger partial charge in [-0.25, -0.2) is 0 Å². The molecule has 1 aliphatic heterocycles. The highest BCUT2D eigenvalue weighted by Gasteiger charge is 1.95. The monoisotopic (exact) mass is 94.0 g/mol. The van der Waals surface area contributed by atoms with Gasteiger partial charge in [-0.2, -0.15) is 11.8 Å². The molecule has 0 nitrogen and oxygen atoms in total. The van der Waals surface area contributed by atoms with Crippen molar-refractivity contribution in [1.29, 1.82) is 0 Å². The second-order valence-corrected chi connectivity index (χ2v) is 2.19. The molecular formula is C3H7FS. The number of rotatable bonds is 0. The molecule has 1 saturated heterocycles. The summed E-state index contributed by atoms with van der Waals surface area (Å²) in [6, 6.07) is 0. The molecule has 0 aromatic carbocycles. The van der Waals surface area contributed by atoms with Crippen LogP contribution in [0.4, 0.5) is 4.70 Å². The second kappa shape index (κ2) is 2.51. The van der Waals surface area contributed by atoms with E-state index in [9.17, 15) is 0 Å². The molecule has 0 atom stereocenters. The van der Waals surface area contributed by atoms with Gasteiger partial charge in [0.1, 0.15) is 0 Å². The van der Waals surface area contributed by atoms with Gasteiger partial charge < -0.3 is 0 Å². The first-order chi connectivity index (χ1) is 2.00. The number of halogens is 1. The van der Waals surface area contributed by atoms with E-state index in [0.717, 1.165) is 0 Å². The van der Waals surface area contributed by atoms with Crippen molar-refractivity contribution in [3.63, 3.8) is 0 Å². The van der Waals surface area contributed by atoms with Gasteiger partial charge in [0.15, 0.2) is 0 Å². The maximum atomic E-state index is 2.04. The fourth-order valence-electron chi connectivity index (χ4n) is 0.144. The first-order valence-corrected chi connectivity index (χ1v) is 2.73. The second-order valence-electron chi connectivity index (χ2n) is 0.966. The van der Waals surface area contributed by atoms with Crippen molar-refractivity contribution < 1.29 is 4.70 Å². The lowest BCUT2D eigenvalue weighted by molar-refractivity contribution is 1.06. The summed E-state index contributed by atoms with van der Waals surface area (Å²) in [5.41, 5.74) is 0. The lowest BCUT2D eigenvalue weighted by Crippen LogP contribution is -1.94. The van der Waals surface area contributed by atoms with Crippen molar-refractivity contribution in [3.05, 3.63) is 0 Å². The zero-order valence-electron chi connectivity index (χ0n) is 2.94. The quantitative estimate of drug-likeness (QED) is 0.435. The molecular weight excluding hydrogens is 87.1 g/mol. The third-order valence-electron chi connectivity index (χ3n) is 0.577. The Hall–Kier alpha value is 0.280. The molecule has 0 aliphatic carbocycles. The van der Waals surface area contributed by atoms with Crippen molar-refractivity contribution in [1.82, 2.24) is 0 Å². The van der Waals surface area contributed by atoms with Crippen LogP contribution in [0.5, 0.6) is 0 Å². The fourth-order valence-corrected chi connectivity index (χ4v) is 0.433. The Labute approximate surface area is 35.3 Å². The van der Waals surface area contributed by atoms with E-state index in [1.807, 2.05) is 11.8 Å². The maximum Gasteiger partial charge on any atom is -0.00597 e. The van der Waals surface area contributed by atoms with E-state index in [1.54, 1.807) is 0 Å². The first-order valence-electron chi connectivity index (χ1n) is 1.58. The van der Waals surface area contributed by atoms with Gasteiger partial charge in [-0.3, -0.25) is 4.70 Å². The predicted molar refractivity (Wildman–Crippen MR) is 24.4 cm³/mol. The summed E-state index contributed by atoms with van der Waals surface area (Å²) in [5.74, 6) is 2.83. The van der Waals surface area contributed by atoms with Crippen LogP contribution in [0.1, 0.15) is 6.42 Å². The van der Waals surface area contributed by atoms with Crippen molar-refractivity contribution in [2.24, 2.45) is 0 Å². The topological polar surface area (TPSA) is 0 Å². The molecule has 0 aromatic rings.